The first-order valence-corrected chi connectivity index (χ1v) is 9.88. The summed E-state index contributed by atoms with van der Waals surface area (Å²) < 4.78 is 11.4. The zero-order valence-corrected chi connectivity index (χ0v) is 16.6. The average molecular weight is 452 g/mol. The van der Waals surface area contributed by atoms with Crippen LogP contribution < -0.4 is 4.74 Å². The molecule has 2 aromatic carbocycles. The van der Waals surface area contributed by atoms with E-state index in [9.17, 15) is 46.0 Å². The Hall–Kier alpha value is -2.80. The van der Waals surface area contributed by atoms with Crippen LogP contribution in [0.4, 0.5) is 0 Å². The summed E-state index contributed by atoms with van der Waals surface area (Å²) in [7, 11) is 0. The lowest BCUT2D eigenvalue weighted by Crippen LogP contribution is -2.55. The van der Waals surface area contributed by atoms with E-state index in [2.05, 4.69) is 0 Å². The zero-order chi connectivity index (χ0) is 23.3. The van der Waals surface area contributed by atoms with Crippen molar-refractivity contribution in [3.8, 4) is 28.7 Å². The highest BCUT2D eigenvalue weighted by Crippen LogP contribution is 2.50. The van der Waals surface area contributed by atoms with Crippen LogP contribution in [0.15, 0.2) is 24.3 Å². The van der Waals surface area contributed by atoms with Gasteiger partial charge in [0.2, 0.25) is 0 Å². The molecule has 2 aromatic rings. The molecule has 0 spiro atoms. The summed E-state index contributed by atoms with van der Waals surface area (Å²) in [6, 6.07) is 4.77. The second-order valence-corrected chi connectivity index (χ2v) is 7.94. The number of hydrogen-bond acceptors (Lipinski definition) is 11. The molecule has 0 unspecified atom stereocenters. The Labute approximate surface area is 181 Å². The second kappa shape index (κ2) is 8.28. The Morgan fingerprint density at radius 1 is 0.781 bits per heavy atom. The summed E-state index contributed by atoms with van der Waals surface area (Å²) in [5, 5.41) is 91.0. The van der Waals surface area contributed by atoms with Crippen molar-refractivity contribution in [2.45, 2.75) is 49.1 Å². The van der Waals surface area contributed by atoms with E-state index in [1.165, 1.54) is 18.2 Å². The number of phenols is 4. The molecular weight excluding hydrogens is 428 g/mol. The highest BCUT2D eigenvalue weighted by Gasteiger charge is 2.47. The first-order valence-electron chi connectivity index (χ1n) is 9.88. The van der Waals surface area contributed by atoms with Crippen LogP contribution in [-0.4, -0.2) is 83.1 Å². The van der Waals surface area contributed by atoms with E-state index in [-0.39, 0.29) is 34.6 Å². The van der Waals surface area contributed by atoms with Crippen molar-refractivity contribution in [3.05, 3.63) is 41.0 Å². The SMILES string of the molecule is OC[C@H]1O[C@@H](c2c(O)cc(O)c3c2O[C@@H](c2ccc(O)c(O)c2)[C@H](O)C3)[C@H](O)[C@@H](O)[C@H]1O. The molecule has 11 nitrogen and oxygen atoms in total. The van der Waals surface area contributed by atoms with E-state index in [1.54, 1.807) is 0 Å². The number of aliphatic hydroxyl groups is 5. The van der Waals surface area contributed by atoms with Gasteiger partial charge < -0.3 is 55.4 Å². The molecule has 1 saturated heterocycles. The summed E-state index contributed by atoms with van der Waals surface area (Å²) >= 11 is 0. The number of benzene rings is 2. The van der Waals surface area contributed by atoms with Crippen molar-refractivity contribution < 1.29 is 55.4 Å². The van der Waals surface area contributed by atoms with E-state index >= 15 is 0 Å². The molecule has 0 bridgehead atoms. The minimum atomic E-state index is -1.72. The third-order valence-electron chi connectivity index (χ3n) is 5.89. The van der Waals surface area contributed by atoms with Crippen LogP contribution in [0, 0.1) is 0 Å². The first kappa shape index (κ1) is 22.4. The molecule has 0 radical (unpaired) electrons. The van der Waals surface area contributed by atoms with Gasteiger partial charge in [0.05, 0.1) is 18.3 Å². The minimum absolute atomic E-state index is 0.0986. The van der Waals surface area contributed by atoms with E-state index in [0.29, 0.717) is 0 Å². The summed E-state index contributed by atoms with van der Waals surface area (Å²) in [5.41, 5.74) is 0.220. The second-order valence-electron chi connectivity index (χ2n) is 7.94. The standard InChI is InChI=1S/C21H24O11/c22-6-14-16(28)17(29)18(30)21(31-14)15-12(26)5-10(24)8-4-13(27)19(32-20(8)15)7-1-2-9(23)11(25)3-7/h1-3,5,13-14,16-19,21-30H,4,6H2/t13-,14-,16+,17+,18-,19+,21+/m1/s1. The lowest BCUT2D eigenvalue weighted by Gasteiger charge is -2.42. The van der Waals surface area contributed by atoms with Crippen molar-refractivity contribution in [2.75, 3.05) is 6.61 Å². The van der Waals surface area contributed by atoms with Crippen LogP contribution in [0.1, 0.15) is 28.9 Å². The molecule has 2 aliphatic heterocycles. The number of phenolic OH excluding ortho intramolecular Hbond substituents is 4. The number of hydrogen-bond donors (Lipinski definition) is 9. The fourth-order valence-corrected chi connectivity index (χ4v) is 4.17. The third kappa shape index (κ3) is 3.58. The number of fused-ring (bicyclic) bond motifs is 1. The largest absolute Gasteiger partial charge is 0.507 e. The molecule has 0 aliphatic carbocycles. The summed E-state index contributed by atoms with van der Waals surface area (Å²) in [6.07, 6.45) is -10.2. The van der Waals surface area contributed by atoms with Gasteiger partial charge in [0.1, 0.15) is 53.9 Å². The predicted molar refractivity (Wildman–Crippen MR) is 105 cm³/mol. The number of aromatic hydroxyl groups is 4. The third-order valence-corrected chi connectivity index (χ3v) is 5.89. The number of rotatable bonds is 3. The van der Waals surface area contributed by atoms with Crippen molar-refractivity contribution in [2.24, 2.45) is 0 Å². The van der Waals surface area contributed by atoms with Crippen LogP contribution in [-0.2, 0) is 11.2 Å². The molecule has 174 valence electrons. The molecule has 9 N–H and O–H groups in total. The Morgan fingerprint density at radius 3 is 2.16 bits per heavy atom. The molecule has 1 fully saturated rings. The number of aliphatic hydroxyl groups excluding tert-OH is 5. The monoisotopic (exact) mass is 452 g/mol. The number of ether oxygens (including phenoxy) is 2. The highest BCUT2D eigenvalue weighted by atomic mass is 16.5. The van der Waals surface area contributed by atoms with Gasteiger partial charge in [0.25, 0.3) is 0 Å². The molecule has 2 aliphatic rings. The molecule has 11 heteroatoms. The van der Waals surface area contributed by atoms with Crippen molar-refractivity contribution >= 4 is 0 Å². The Kier molecular flexibility index (Phi) is 5.79. The minimum Gasteiger partial charge on any atom is -0.507 e. The Morgan fingerprint density at radius 2 is 1.50 bits per heavy atom. The molecule has 0 saturated carbocycles. The van der Waals surface area contributed by atoms with Crippen molar-refractivity contribution in [1.29, 1.82) is 0 Å². The van der Waals surface area contributed by atoms with Gasteiger partial charge in [-0.2, -0.15) is 0 Å². The van der Waals surface area contributed by atoms with E-state index in [4.69, 9.17) is 9.47 Å². The Balaban J connectivity index is 1.80. The lowest BCUT2D eigenvalue weighted by molar-refractivity contribution is -0.232. The molecule has 0 amide bonds. The van der Waals surface area contributed by atoms with Gasteiger partial charge in [-0.25, -0.2) is 0 Å². The van der Waals surface area contributed by atoms with Crippen LogP contribution in [0.5, 0.6) is 28.7 Å². The maximum Gasteiger partial charge on any atom is 0.157 e. The summed E-state index contributed by atoms with van der Waals surface area (Å²) in [6.45, 7) is -0.683. The van der Waals surface area contributed by atoms with Gasteiger partial charge in [-0.05, 0) is 17.7 Å². The van der Waals surface area contributed by atoms with Gasteiger partial charge in [-0.15, -0.1) is 0 Å². The average Bonchev–Trinajstić information content (AvgIpc) is 2.75. The Bertz CT molecular complexity index is 1010. The molecular formula is C21H24O11. The topological polar surface area (TPSA) is 201 Å². The van der Waals surface area contributed by atoms with Gasteiger partial charge in [0.15, 0.2) is 11.5 Å². The lowest BCUT2D eigenvalue weighted by atomic mass is 9.86. The van der Waals surface area contributed by atoms with Crippen LogP contribution in [0.3, 0.4) is 0 Å². The highest BCUT2D eigenvalue weighted by molar-refractivity contribution is 5.59. The smallest absolute Gasteiger partial charge is 0.157 e. The van der Waals surface area contributed by atoms with E-state index in [1.807, 2.05) is 0 Å². The van der Waals surface area contributed by atoms with Gasteiger partial charge >= 0.3 is 0 Å². The quantitative estimate of drug-likeness (QED) is 0.260. The summed E-state index contributed by atoms with van der Waals surface area (Å²) in [4.78, 5) is 0. The van der Waals surface area contributed by atoms with E-state index in [0.717, 1.165) is 6.07 Å². The molecule has 2 heterocycles. The fourth-order valence-electron chi connectivity index (χ4n) is 4.17. The van der Waals surface area contributed by atoms with Crippen LogP contribution in [0.2, 0.25) is 0 Å². The molecule has 7 atom stereocenters. The van der Waals surface area contributed by atoms with E-state index < -0.39 is 66.6 Å². The van der Waals surface area contributed by atoms with Gasteiger partial charge in [0, 0.05) is 18.1 Å². The van der Waals surface area contributed by atoms with Crippen molar-refractivity contribution in [1.82, 2.24) is 0 Å². The van der Waals surface area contributed by atoms with Gasteiger partial charge in [-0.3, -0.25) is 0 Å². The molecule has 4 rings (SSSR count). The summed E-state index contributed by atoms with van der Waals surface area (Å²) in [5.74, 6) is -1.89. The molecule has 0 aromatic heterocycles. The maximum absolute atomic E-state index is 10.6. The van der Waals surface area contributed by atoms with Gasteiger partial charge in [-0.1, -0.05) is 6.07 Å². The predicted octanol–water partition coefficient (Wildman–Crippen LogP) is -0.939. The zero-order valence-electron chi connectivity index (χ0n) is 16.6. The van der Waals surface area contributed by atoms with Crippen molar-refractivity contribution in [3.63, 3.8) is 0 Å². The van der Waals surface area contributed by atoms with Crippen LogP contribution >= 0.6 is 0 Å². The van der Waals surface area contributed by atoms with Crippen LogP contribution in [0.25, 0.3) is 0 Å². The first-order chi connectivity index (χ1) is 15.1. The normalized spacial score (nSPS) is 32.2. The fraction of sp³-hybridized carbons (Fsp3) is 0.429. The maximum atomic E-state index is 10.6. The molecule has 32 heavy (non-hydrogen) atoms.